The fraction of sp³-hybridized carbons (Fsp3) is 0. The molecule has 0 spiro atoms. The largest absolute Gasteiger partial charge is 0.321 e. The van der Waals surface area contributed by atoms with E-state index in [1.54, 1.807) is 18.3 Å². The third-order valence-electron chi connectivity index (χ3n) is 3.13. The number of aromatic nitrogens is 2. The molecule has 1 aromatic carbocycles. The van der Waals surface area contributed by atoms with E-state index in [0.717, 1.165) is 0 Å². The molecular formula is C16H11FN4O2. The number of aromatic amines is 1. The van der Waals surface area contributed by atoms with E-state index < -0.39 is 11.7 Å². The summed E-state index contributed by atoms with van der Waals surface area (Å²) in [5.41, 5.74) is 2.98. The SMILES string of the molecule is O=C(N/N=C/c1cc2cc(F)ccc2[nH]c1=O)c1cccnc1. The van der Waals surface area contributed by atoms with Crippen molar-refractivity contribution >= 4 is 23.0 Å². The zero-order valence-electron chi connectivity index (χ0n) is 11.8. The lowest BCUT2D eigenvalue weighted by Gasteiger charge is -2.00. The van der Waals surface area contributed by atoms with Crippen LogP contribution in [0.15, 0.2) is 58.7 Å². The number of H-pyrrole nitrogens is 1. The van der Waals surface area contributed by atoms with Gasteiger partial charge in [-0.1, -0.05) is 0 Å². The van der Waals surface area contributed by atoms with E-state index in [9.17, 15) is 14.0 Å². The highest BCUT2D eigenvalue weighted by atomic mass is 19.1. The third kappa shape index (κ3) is 3.29. The van der Waals surface area contributed by atoms with Crippen LogP contribution in [0.2, 0.25) is 0 Å². The number of halogens is 1. The van der Waals surface area contributed by atoms with Gasteiger partial charge in [0.1, 0.15) is 5.82 Å². The number of pyridine rings is 2. The molecule has 1 amide bonds. The van der Waals surface area contributed by atoms with Crippen LogP contribution in [-0.4, -0.2) is 22.1 Å². The van der Waals surface area contributed by atoms with Gasteiger partial charge in [-0.15, -0.1) is 0 Å². The molecule has 0 atom stereocenters. The first-order valence-corrected chi connectivity index (χ1v) is 6.69. The van der Waals surface area contributed by atoms with Crippen molar-refractivity contribution in [1.82, 2.24) is 15.4 Å². The number of hydrogen-bond donors (Lipinski definition) is 2. The topological polar surface area (TPSA) is 87.2 Å². The lowest BCUT2D eigenvalue weighted by Crippen LogP contribution is -2.19. The summed E-state index contributed by atoms with van der Waals surface area (Å²) >= 11 is 0. The van der Waals surface area contributed by atoms with Crippen LogP contribution >= 0.6 is 0 Å². The summed E-state index contributed by atoms with van der Waals surface area (Å²) in [6, 6.07) is 8.76. The Morgan fingerprint density at radius 3 is 2.96 bits per heavy atom. The molecule has 3 aromatic rings. The van der Waals surface area contributed by atoms with Gasteiger partial charge in [0.05, 0.1) is 17.3 Å². The zero-order valence-corrected chi connectivity index (χ0v) is 11.8. The Bertz CT molecular complexity index is 951. The number of hydrogen-bond acceptors (Lipinski definition) is 4. The lowest BCUT2D eigenvalue weighted by atomic mass is 10.1. The highest BCUT2D eigenvalue weighted by Crippen LogP contribution is 2.12. The van der Waals surface area contributed by atoms with Gasteiger partial charge in [0.15, 0.2) is 0 Å². The summed E-state index contributed by atoms with van der Waals surface area (Å²) in [4.78, 5) is 30.1. The van der Waals surface area contributed by atoms with Crippen molar-refractivity contribution in [2.24, 2.45) is 5.10 Å². The number of benzene rings is 1. The number of amides is 1. The van der Waals surface area contributed by atoms with E-state index in [4.69, 9.17) is 0 Å². The molecule has 2 N–H and O–H groups in total. The minimum absolute atomic E-state index is 0.203. The molecule has 0 aliphatic rings. The fourth-order valence-electron chi connectivity index (χ4n) is 2.01. The number of rotatable bonds is 3. The van der Waals surface area contributed by atoms with Gasteiger partial charge in [-0.25, -0.2) is 9.82 Å². The Hall–Kier alpha value is -3.35. The van der Waals surface area contributed by atoms with Gasteiger partial charge in [0.2, 0.25) is 0 Å². The van der Waals surface area contributed by atoms with Gasteiger partial charge in [-0.2, -0.15) is 5.10 Å². The molecule has 0 fully saturated rings. The van der Waals surface area contributed by atoms with Crippen molar-refractivity contribution in [2.45, 2.75) is 0 Å². The molecule has 0 saturated heterocycles. The van der Waals surface area contributed by atoms with Gasteiger partial charge in [0.25, 0.3) is 11.5 Å². The number of hydrazone groups is 1. The predicted molar refractivity (Wildman–Crippen MR) is 83.8 cm³/mol. The van der Waals surface area contributed by atoms with Crippen LogP contribution in [0.25, 0.3) is 10.9 Å². The first-order valence-electron chi connectivity index (χ1n) is 6.69. The summed E-state index contributed by atoms with van der Waals surface area (Å²) in [7, 11) is 0. The third-order valence-corrected chi connectivity index (χ3v) is 3.13. The molecule has 7 heteroatoms. The first kappa shape index (κ1) is 14.6. The summed E-state index contributed by atoms with van der Waals surface area (Å²) in [5, 5.41) is 4.27. The number of carbonyl (C=O) groups is 1. The number of carbonyl (C=O) groups excluding carboxylic acids is 1. The molecule has 6 nitrogen and oxygen atoms in total. The van der Waals surface area contributed by atoms with Gasteiger partial charge < -0.3 is 4.98 Å². The highest BCUT2D eigenvalue weighted by Gasteiger charge is 2.04. The van der Waals surface area contributed by atoms with Crippen molar-refractivity contribution in [3.05, 3.63) is 76.1 Å². The molecule has 114 valence electrons. The average Bonchev–Trinajstić information content (AvgIpc) is 2.56. The Balaban J connectivity index is 1.82. The lowest BCUT2D eigenvalue weighted by molar-refractivity contribution is 0.0955. The van der Waals surface area contributed by atoms with Crippen LogP contribution in [0, 0.1) is 5.82 Å². The Labute approximate surface area is 129 Å². The Morgan fingerprint density at radius 2 is 2.17 bits per heavy atom. The second kappa shape index (κ2) is 6.18. The van der Waals surface area contributed by atoms with E-state index in [0.29, 0.717) is 16.5 Å². The zero-order chi connectivity index (χ0) is 16.2. The van der Waals surface area contributed by atoms with Crippen LogP contribution < -0.4 is 11.0 Å². The van der Waals surface area contributed by atoms with Crippen LogP contribution in [0.4, 0.5) is 4.39 Å². The van der Waals surface area contributed by atoms with Crippen LogP contribution in [0.5, 0.6) is 0 Å². The van der Waals surface area contributed by atoms with Crippen LogP contribution in [-0.2, 0) is 0 Å². The van der Waals surface area contributed by atoms with Gasteiger partial charge in [-0.3, -0.25) is 14.6 Å². The van der Waals surface area contributed by atoms with Gasteiger partial charge >= 0.3 is 0 Å². The average molecular weight is 310 g/mol. The minimum Gasteiger partial charge on any atom is -0.321 e. The summed E-state index contributed by atoms with van der Waals surface area (Å²) in [5.74, 6) is -0.852. The predicted octanol–water partition coefficient (Wildman–Crippen LogP) is 1.83. The van der Waals surface area contributed by atoms with E-state index in [2.05, 4.69) is 20.5 Å². The summed E-state index contributed by atoms with van der Waals surface area (Å²) in [6.45, 7) is 0. The molecule has 0 aliphatic heterocycles. The number of nitrogens with zero attached hydrogens (tertiary/aromatic N) is 2. The van der Waals surface area contributed by atoms with Crippen LogP contribution in [0.1, 0.15) is 15.9 Å². The molecule has 0 radical (unpaired) electrons. The van der Waals surface area contributed by atoms with Crippen molar-refractivity contribution < 1.29 is 9.18 Å². The number of fused-ring (bicyclic) bond motifs is 1. The molecule has 2 heterocycles. The van der Waals surface area contributed by atoms with Crippen molar-refractivity contribution in [2.75, 3.05) is 0 Å². The Kier molecular flexibility index (Phi) is 3.92. The van der Waals surface area contributed by atoms with Gasteiger partial charge in [-0.05, 0) is 36.4 Å². The fourth-order valence-corrected chi connectivity index (χ4v) is 2.01. The summed E-state index contributed by atoms with van der Waals surface area (Å²) in [6.07, 6.45) is 4.15. The maximum atomic E-state index is 13.2. The second-order valence-corrected chi connectivity index (χ2v) is 4.73. The molecule has 3 rings (SSSR count). The maximum absolute atomic E-state index is 13.2. The molecule has 2 aromatic heterocycles. The second-order valence-electron chi connectivity index (χ2n) is 4.73. The monoisotopic (exact) mass is 310 g/mol. The quantitative estimate of drug-likeness (QED) is 0.571. The smallest absolute Gasteiger partial charge is 0.272 e. The van der Waals surface area contributed by atoms with E-state index in [1.807, 2.05) is 0 Å². The molecule has 0 aliphatic carbocycles. The van der Waals surface area contributed by atoms with Crippen LogP contribution in [0.3, 0.4) is 0 Å². The molecule has 0 saturated carbocycles. The Morgan fingerprint density at radius 1 is 1.30 bits per heavy atom. The molecular weight excluding hydrogens is 299 g/mol. The minimum atomic E-state index is -0.447. The molecule has 23 heavy (non-hydrogen) atoms. The van der Waals surface area contributed by atoms with Crippen molar-refractivity contribution in [1.29, 1.82) is 0 Å². The van der Waals surface area contributed by atoms with Gasteiger partial charge in [0, 0.05) is 23.3 Å². The van der Waals surface area contributed by atoms with E-state index in [-0.39, 0.29) is 11.1 Å². The van der Waals surface area contributed by atoms with Crippen molar-refractivity contribution in [3.8, 4) is 0 Å². The number of nitrogens with one attached hydrogen (secondary N) is 2. The van der Waals surface area contributed by atoms with E-state index in [1.165, 1.54) is 36.7 Å². The highest BCUT2D eigenvalue weighted by molar-refractivity contribution is 5.94. The maximum Gasteiger partial charge on any atom is 0.272 e. The van der Waals surface area contributed by atoms with E-state index >= 15 is 0 Å². The van der Waals surface area contributed by atoms with Crippen molar-refractivity contribution in [3.63, 3.8) is 0 Å². The first-order chi connectivity index (χ1) is 11.1. The molecule has 0 bridgehead atoms. The summed E-state index contributed by atoms with van der Waals surface area (Å²) < 4.78 is 13.2. The molecule has 0 unspecified atom stereocenters. The standard InChI is InChI=1S/C16H11FN4O2/c17-13-3-4-14-11(7-13)6-12(15(22)20-14)9-19-21-16(23)10-2-1-5-18-8-10/h1-9H,(H,20,22)(H,21,23)/b19-9+. The normalized spacial score (nSPS) is 11.0.